The second-order valence-corrected chi connectivity index (χ2v) is 5.34. The smallest absolute Gasteiger partial charge is 0.239 e. The zero-order chi connectivity index (χ0) is 10.3. The summed E-state index contributed by atoms with van der Waals surface area (Å²) < 4.78 is 0. The largest absolute Gasteiger partial charge is 0.341 e. The number of likely N-dealkylation sites (tertiary alicyclic amines) is 1. The molecule has 15 heavy (non-hydrogen) atoms. The average Bonchev–Trinajstić information content (AvgIpc) is 2.92. The van der Waals surface area contributed by atoms with E-state index in [2.05, 4.69) is 10.2 Å². The van der Waals surface area contributed by atoms with Gasteiger partial charge in [-0.3, -0.25) is 4.79 Å². The maximum Gasteiger partial charge on any atom is 0.239 e. The Morgan fingerprint density at radius 2 is 1.80 bits per heavy atom. The summed E-state index contributed by atoms with van der Waals surface area (Å²) in [5.74, 6) is 2.03. The zero-order valence-corrected chi connectivity index (χ0v) is 9.24. The van der Waals surface area contributed by atoms with Gasteiger partial charge in [0.05, 0.1) is 6.04 Å². The molecule has 0 aromatic carbocycles. The second-order valence-electron chi connectivity index (χ2n) is 5.34. The van der Waals surface area contributed by atoms with E-state index in [4.69, 9.17) is 0 Å². The van der Waals surface area contributed by atoms with Crippen LogP contribution in [0.3, 0.4) is 0 Å². The predicted octanol–water partition coefficient (Wildman–Crippen LogP) is 0.997. The first-order valence-electron chi connectivity index (χ1n) is 6.37. The summed E-state index contributed by atoms with van der Waals surface area (Å²) in [6.45, 7) is 3.11. The molecule has 1 aliphatic carbocycles. The highest BCUT2D eigenvalue weighted by Crippen LogP contribution is 2.38. The molecule has 3 unspecified atom stereocenters. The van der Waals surface area contributed by atoms with Crippen molar-refractivity contribution in [3.05, 3.63) is 0 Å². The lowest BCUT2D eigenvalue weighted by Crippen LogP contribution is -2.42. The van der Waals surface area contributed by atoms with Crippen molar-refractivity contribution < 1.29 is 4.79 Å². The van der Waals surface area contributed by atoms with Crippen molar-refractivity contribution in [1.29, 1.82) is 0 Å². The fourth-order valence-electron chi connectivity index (χ4n) is 3.53. The van der Waals surface area contributed by atoms with E-state index in [0.29, 0.717) is 5.91 Å². The van der Waals surface area contributed by atoms with E-state index in [-0.39, 0.29) is 6.04 Å². The van der Waals surface area contributed by atoms with Crippen molar-refractivity contribution in [3.8, 4) is 0 Å². The molecule has 84 valence electrons. The van der Waals surface area contributed by atoms with Crippen LogP contribution in [-0.2, 0) is 4.79 Å². The molecule has 2 aliphatic heterocycles. The van der Waals surface area contributed by atoms with Gasteiger partial charge in [0.15, 0.2) is 0 Å². The van der Waals surface area contributed by atoms with Crippen molar-refractivity contribution in [2.24, 2.45) is 11.8 Å². The molecular weight excluding hydrogens is 188 g/mol. The first-order chi connectivity index (χ1) is 7.34. The van der Waals surface area contributed by atoms with Gasteiger partial charge in [-0.1, -0.05) is 6.42 Å². The highest BCUT2D eigenvalue weighted by atomic mass is 16.2. The Morgan fingerprint density at radius 3 is 2.40 bits per heavy atom. The van der Waals surface area contributed by atoms with Crippen molar-refractivity contribution in [2.75, 3.05) is 19.6 Å². The number of carbonyl (C=O) groups excluding carboxylic acids is 1. The predicted molar refractivity (Wildman–Crippen MR) is 58.4 cm³/mol. The fraction of sp³-hybridized carbons (Fsp3) is 0.917. The SMILES string of the molecule is O=C(C1CCCN1)N1CC2CCCC2C1. The topological polar surface area (TPSA) is 32.3 Å². The highest BCUT2D eigenvalue weighted by Gasteiger charge is 2.39. The van der Waals surface area contributed by atoms with Gasteiger partial charge in [-0.05, 0) is 44.1 Å². The maximum atomic E-state index is 12.1. The minimum Gasteiger partial charge on any atom is -0.341 e. The van der Waals surface area contributed by atoms with Crippen LogP contribution in [-0.4, -0.2) is 36.5 Å². The van der Waals surface area contributed by atoms with Crippen LogP contribution in [0, 0.1) is 11.8 Å². The van der Waals surface area contributed by atoms with E-state index in [1.54, 1.807) is 0 Å². The van der Waals surface area contributed by atoms with E-state index >= 15 is 0 Å². The van der Waals surface area contributed by atoms with E-state index < -0.39 is 0 Å². The van der Waals surface area contributed by atoms with Crippen molar-refractivity contribution in [1.82, 2.24) is 10.2 Å². The van der Waals surface area contributed by atoms with Gasteiger partial charge in [0.1, 0.15) is 0 Å². The number of nitrogens with zero attached hydrogens (tertiary/aromatic N) is 1. The molecule has 3 aliphatic rings. The van der Waals surface area contributed by atoms with Gasteiger partial charge in [-0.2, -0.15) is 0 Å². The molecule has 3 nitrogen and oxygen atoms in total. The molecule has 2 heterocycles. The summed E-state index contributed by atoms with van der Waals surface area (Å²) in [5.41, 5.74) is 0. The van der Waals surface area contributed by atoms with Gasteiger partial charge >= 0.3 is 0 Å². The molecular formula is C12H20N2O. The molecule has 1 saturated carbocycles. The van der Waals surface area contributed by atoms with Crippen LogP contribution in [0.25, 0.3) is 0 Å². The monoisotopic (exact) mass is 208 g/mol. The summed E-state index contributed by atoms with van der Waals surface area (Å²) >= 11 is 0. The van der Waals surface area contributed by atoms with Crippen molar-refractivity contribution in [3.63, 3.8) is 0 Å². The molecule has 1 N–H and O–H groups in total. The van der Waals surface area contributed by atoms with Gasteiger partial charge in [0, 0.05) is 13.1 Å². The minimum absolute atomic E-state index is 0.142. The van der Waals surface area contributed by atoms with Crippen LogP contribution in [0.5, 0.6) is 0 Å². The Labute approximate surface area is 91.2 Å². The van der Waals surface area contributed by atoms with E-state index in [1.807, 2.05) is 0 Å². The summed E-state index contributed by atoms with van der Waals surface area (Å²) in [5, 5.41) is 3.31. The Morgan fingerprint density at radius 1 is 1.07 bits per heavy atom. The molecule has 3 atom stereocenters. The maximum absolute atomic E-state index is 12.1. The second kappa shape index (κ2) is 3.78. The Kier molecular flexibility index (Phi) is 2.43. The summed E-state index contributed by atoms with van der Waals surface area (Å²) in [7, 11) is 0. The van der Waals surface area contributed by atoms with E-state index in [0.717, 1.165) is 44.3 Å². The molecule has 3 heteroatoms. The third-order valence-corrected chi connectivity index (χ3v) is 4.40. The Balaban J connectivity index is 1.61. The minimum atomic E-state index is 0.142. The quantitative estimate of drug-likeness (QED) is 0.697. The number of rotatable bonds is 1. The molecule has 3 fully saturated rings. The lowest BCUT2D eigenvalue weighted by Gasteiger charge is -2.21. The molecule has 0 aromatic rings. The third kappa shape index (κ3) is 1.67. The lowest BCUT2D eigenvalue weighted by molar-refractivity contribution is -0.132. The molecule has 1 amide bonds. The van der Waals surface area contributed by atoms with Crippen LogP contribution >= 0.6 is 0 Å². The molecule has 0 bridgehead atoms. The lowest BCUT2D eigenvalue weighted by atomic mass is 10.0. The molecule has 0 spiro atoms. The van der Waals surface area contributed by atoms with Gasteiger partial charge < -0.3 is 10.2 Å². The van der Waals surface area contributed by atoms with Crippen LogP contribution in [0.1, 0.15) is 32.1 Å². The highest BCUT2D eigenvalue weighted by molar-refractivity contribution is 5.82. The number of amides is 1. The number of hydrogen-bond acceptors (Lipinski definition) is 2. The molecule has 0 aromatic heterocycles. The van der Waals surface area contributed by atoms with Gasteiger partial charge in [0.25, 0.3) is 0 Å². The zero-order valence-electron chi connectivity index (χ0n) is 9.24. The molecule has 2 saturated heterocycles. The Bertz CT molecular complexity index is 248. The normalized spacial score (nSPS) is 39.7. The van der Waals surface area contributed by atoms with E-state index in [1.165, 1.54) is 19.3 Å². The number of nitrogens with one attached hydrogen (secondary N) is 1. The first-order valence-corrected chi connectivity index (χ1v) is 6.37. The van der Waals surface area contributed by atoms with Crippen LogP contribution < -0.4 is 5.32 Å². The van der Waals surface area contributed by atoms with E-state index in [9.17, 15) is 4.79 Å². The fourth-order valence-corrected chi connectivity index (χ4v) is 3.53. The Hall–Kier alpha value is -0.570. The van der Waals surface area contributed by atoms with Crippen molar-refractivity contribution >= 4 is 5.91 Å². The number of hydrogen-bond donors (Lipinski definition) is 1. The van der Waals surface area contributed by atoms with Gasteiger partial charge in [-0.15, -0.1) is 0 Å². The summed E-state index contributed by atoms with van der Waals surface area (Å²) in [6, 6.07) is 0.142. The standard InChI is InChI=1S/C12H20N2O/c15-12(11-5-2-6-13-11)14-7-9-3-1-4-10(9)8-14/h9-11,13H,1-8H2. The van der Waals surface area contributed by atoms with Crippen LogP contribution in [0.15, 0.2) is 0 Å². The summed E-state index contributed by atoms with van der Waals surface area (Å²) in [4.78, 5) is 14.3. The molecule has 0 radical (unpaired) electrons. The number of carbonyl (C=O) groups is 1. The van der Waals surface area contributed by atoms with Gasteiger partial charge in [-0.25, -0.2) is 0 Å². The van der Waals surface area contributed by atoms with Crippen LogP contribution in [0.2, 0.25) is 0 Å². The molecule has 3 rings (SSSR count). The average molecular weight is 208 g/mol. The summed E-state index contributed by atoms with van der Waals surface area (Å²) in [6.07, 6.45) is 6.31. The first kappa shape index (κ1) is 9.64. The van der Waals surface area contributed by atoms with Gasteiger partial charge in [0.2, 0.25) is 5.91 Å². The van der Waals surface area contributed by atoms with Crippen LogP contribution in [0.4, 0.5) is 0 Å². The number of fused-ring (bicyclic) bond motifs is 1. The third-order valence-electron chi connectivity index (χ3n) is 4.40. The van der Waals surface area contributed by atoms with Crippen molar-refractivity contribution in [2.45, 2.75) is 38.1 Å².